The smallest absolute Gasteiger partial charge is 0.224 e. The van der Waals surface area contributed by atoms with E-state index >= 15 is 0 Å². The molecule has 2 aromatic carbocycles. The summed E-state index contributed by atoms with van der Waals surface area (Å²) >= 11 is 0. The lowest BCUT2D eigenvalue weighted by atomic mass is 9.99. The number of rotatable bonds is 4. The van der Waals surface area contributed by atoms with Gasteiger partial charge in [-0.25, -0.2) is 14.7 Å². The molecule has 0 aliphatic carbocycles. The van der Waals surface area contributed by atoms with Crippen LogP contribution in [-0.4, -0.2) is 27.2 Å². The van der Waals surface area contributed by atoms with Crippen molar-refractivity contribution in [2.75, 3.05) is 0 Å². The summed E-state index contributed by atoms with van der Waals surface area (Å²) in [6.07, 6.45) is 2.64. The number of carbonyl (C=O) groups is 1. The zero-order chi connectivity index (χ0) is 19.1. The monoisotopic (exact) mass is 370 g/mol. The highest BCUT2D eigenvalue weighted by Crippen LogP contribution is 2.33. The van der Waals surface area contributed by atoms with Crippen molar-refractivity contribution in [2.45, 2.75) is 19.4 Å². The van der Waals surface area contributed by atoms with Crippen molar-refractivity contribution < 1.29 is 9.53 Å². The Morgan fingerprint density at radius 1 is 1.14 bits per heavy atom. The molecule has 3 aromatic rings. The molecular formula is C22H18N4O2. The summed E-state index contributed by atoms with van der Waals surface area (Å²) in [5, 5.41) is 4.11. The first-order valence-electron chi connectivity index (χ1n) is 9.18. The summed E-state index contributed by atoms with van der Waals surface area (Å²) in [5.74, 6) is 1.28. The Morgan fingerprint density at radius 2 is 2.00 bits per heavy atom. The Labute approximate surface area is 162 Å². The van der Waals surface area contributed by atoms with Crippen LogP contribution in [0.4, 0.5) is 5.69 Å². The third kappa shape index (κ3) is 2.93. The molecule has 138 valence electrons. The number of aliphatic imine (C=N–C) groups is 2. The second-order valence-electron chi connectivity index (χ2n) is 6.98. The van der Waals surface area contributed by atoms with Crippen LogP contribution in [0, 0.1) is 0 Å². The van der Waals surface area contributed by atoms with E-state index in [2.05, 4.69) is 21.1 Å². The van der Waals surface area contributed by atoms with E-state index in [9.17, 15) is 4.79 Å². The molecule has 1 aromatic heterocycles. The molecule has 0 fully saturated rings. The minimum atomic E-state index is 0.0718. The average molecular weight is 370 g/mol. The predicted octanol–water partition coefficient (Wildman–Crippen LogP) is 3.20. The maximum Gasteiger partial charge on any atom is 0.224 e. The maximum atomic E-state index is 12.7. The highest BCUT2D eigenvalue weighted by molar-refractivity contribution is 6.42. The van der Waals surface area contributed by atoms with Gasteiger partial charge in [-0.2, -0.15) is 5.10 Å². The molecule has 0 unspecified atom stereocenters. The average Bonchev–Trinajstić information content (AvgIpc) is 3.40. The first-order chi connectivity index (χ1) is 13.7. The largest absolute Gasteiger partial charge is 0.421 e. The number of carbonyl (C=O) groups excluding carboxylic acids is 1. The van der Waals surface area contributed by atoms with Crippen molar-refractivity contribution in [3.05, 3.63) is 77.0 Å². The van der Waals surface area contributed by atoms with Gasteiger partial charge >= 0.3 is 0 Å². The van der Waals surface area contributed by atoms with Gasteiger partial charge in [-0.05, 0) is 22.8 Å². The predicted molar refractivity (Wildman–Crippen MR) is 106 cm³/mol. The lowest BCUT2D eigenvalue weighted by molar-refractivity contribution is -0.112. The topological polar surface area (TPSA) is 68.8 Å². The van der Waals surface area contributed by atoms with Crippen LogP contribution in [0.2, 0.25) is 0 Å². The van der Waals surface area contributed by atoms with Gasteiger partial charge in [-0.1, -0.05) is 36.4 Å². The summed E-state index contributed by atoms with van der Waals surface area (Å²) in [6, 6.07) is 15.7. The Kier molecular flexibility index (Phi) is 3.90. The summed E-state index contributed by atoms with van der Waals surface area (Å²) in [7, 11) is 1.82. The quantitative estimate of drug-likeness (QED) is 0.708. The van der Waals surface area contributed by atoms with Gasteiger partial charge in [0.1, 0.15) is 0 Å². The Morgan fingerprint density at radius 3 is 2.79 bits per heavy atom. The minimum absolute atomic E-state index is 0.0718. The zero-order valence-corrected chi connectivity index (χ0v) is 15.4. The van der Waals surface area contributed by atoms with Gasteiger partial charge < -0.3 is 4.74 Å². The van der Waals surface area contributed by atoms with E-state index in [0.717, 1.165) is 27.9 Å². The van der Waals surface area contributed by atoms with Crippen molar-refractivity contribution in [1.82, 2.24) is 9.78 Å². The highest BCUT2D eigenvalue weighted by atomic mass is 16.5. The van der Waals surface area contributed by atoms with Crippen LogP contribution >= 0.6 is 0 Å². The van der Waals surface area contributed by atoms with E-state index in [-0.39, 0.29) is 5.78 Å². The van der Waals surface area contributed by atoms with Gasteiger partial charge in [0.05, 0.1) is 24.1 Å². The number of aromatic nitrogens is 2. The SMILES string of the molecule is Cn1nccc1OC1=NCc2cc3c(cc21)N=C(C(=O)Cc1ccccc1)C3. The summed E-state index contributed by atoms with van der Waals surface area (Å²) in [6.45, 7) is 0.573. The minimum Gasteiger partial charge on any atom is -0.421 e. The molecule has 6 nitrogen and oxygen atoms in total. The fourth-order valence-corrected chi connectivity index (χ4v) is 3.56. The number of fused-ring (bicyclic) bond motifs is 2. The van der Waals surface area contributed by atoms with Crippen molar-refractivity contribution in [3.8, 4) is 5.88 Å². The van der Waals surface area contributed by atoms with Gasteiger partial charge in [0, 0.05) is 31.5 Å². The lowest BCUT2D eigenvalue weighted by Crippen LogP contribution is -2.16. The van der Waals surface area contributed by atoms with E-state index in [1.54, 1.807) is 16.9 Å². The maximum absolute atomic E-state index is 12.7. The standard InChI is InChI=1S/C22H18N4O2/c1-26-21(7-8-24-26)28-22-17-12-18-15(10-16(17)13-23-22)11-19(25-18)20(27)9-14-5-3-2-4-6-14/h2-8,10,12H,9,11,13H2,1H3. The van der Waals surface area contributed by atoms with Gasteiger partial charge in [-0.15, -0.1) is 0 Å². The molecule has 0 atom stereocenters. The number of nitrogens with zero attached hydrogens (tertiary/aromatic N) is 4. The number of Topliss-reactive ketones (excluding diaryl/α,β-unsaturated/α-hetero) is 1. The molecule has 0 radical (unpaired) electrons. The third-order valence-corrected chi connectivity index (χ3v) is 5.05. The van der Waals surface area contributed by atoms with Crippen molar-refractivity contribution in [1.29, 1.82) is 0 Å². The number of aryl methyl sites for hydroxylation is 1. The molecule has 5 rings (SSSR count). The Balaban J connectivity index is 1.38. The second kappa shape index (κ2) is 6.56. The van der Waals surface area contributed by atoms with E-state index in [1.807, 2.05) is 43.4 Å². The number of ketones is 1. The molecule has 0 N–H and O–H groups in total. The number of benzene rings is 2. The lowest BCUT2D eigenvalue weighted by Gasteiger charge is -2.07. The van der Waals surface area contributed by atoms with Gasteiger partial charge in [0.15, 0.2) is 5.78 Å². The van der Waals surface area contributed by atoms with Crippen LogP contribution in [-0.2, 0) is 31.2 Å². The number of hydrogen-bond acceptors (Lipinski definition) is 5. The van der Waals surface area contributed by atoms with Crippen LogP contribution in [0.3, 0.4) is 0 Å². The molecule has 2 aliphatic heterocycles. The molecule has 0 amide bonds. The van der Waals surface area contributed by atoms with E-state index in [0.29, 0.717) is 36.9 Å². The fraction of sp³-hybridized carbons (Fsp3) is 0.182. The normalized spacial score (nSPS) is 14.3. The second-order valence-corrected chi connectivity index (χ2v) is 6.98. The van der Waals surface area contributed by atoms with E-state index in [1.165, 1.54) is 0 Å². The number of hydrogen-bond donors (Lipinski definition) is 0. The number of ether oxygens (including phenoxy) is 1. The van der Waals surface area contributed by atoms with Crippen LogP contribution in [0.5, 0.6) is 5.88 Å². The zero-order valence-electron chi connectivity index (χ0n) is 15.4. The fourth-order valence-electron chi connectivity index (χ4n) is 3.56. The summed E-state index contributed by atoms with van der Waals surface area (Å²) in [4.78, 5) is 21.8. The molecule has 28 heavy (non-hydrogen) atoms. The van der Waals surface area contributed by atoms with Crippen molar-refractivity contribution >= 4 is 23.1 Å². The van der Waals surface area contributed by atoms with Crippen LogP contribution in [0.1, 0.15) is 22.3 Å². The first kappa shape index (κ1) is 16.6. The van der Waals surface area contributed by atoms with Crippen LogP contribution < -0.4 is 4.74 Å². The molecule has 0 spiro atoms. The van der Waals surface area contributed by atoms with Crippen LogP contribution in [0.25, 0.3) is 0 Å². The molecule has 6 heteroatoms. The highest BCUT2D eigenvalue weighted by Gasteiger charge is 2.26. The van der Waals surface area contributed by atoms with E-state index < -0.39 is 0 Å². The van der Waals surface area contributed by atoms with Crippen molar-refractivity contribution in [2.24, 2.45) is 17.0 Å². The van der Waals surface area contributed by atoms with Crippen LogP contribution in [0.15, 0.2) is 64.7 Å². The summed E-state index contributed by atoms with van der Waals surface area (Å²) < 4.78 is 7.58. The Hall–Kier alpha value is -3.54. The van der Waals surface area contributed by atoms with Gasteiger partial charge in [0.25, 0.3) is 0 Å². The molecule has 0 saturated heterocycles. The van der Waals surface area contributed by atoms with Crippen molar-refractivity contribution in [3.63, 3.8) is 0 Å². The molecule has 0 bridgehead atoms. The van der Waals surface area contributed by atoms with Gasteiger partial charge in [-0.3, -0.25) is 4.79 Å². The molecular weight excluding hydrogens is 352 g/mol. The first-order valence-corrected chi connectivity index (χ1v) is 9.18. The molecule has 0 saturated carbocycles. The Bertz CT molecular complexity index is 1140. The molecule has 3 heterocycles. The van der Waals surface area contributed by atoms with E-state index in [4.69, 9.17) is 4.74 Å². The summed E-state index contributed by atoms with van der Waals surface area (Å²) in [5.41, 5.74) is 5.56. The van der Waals surface area contributed by atoms with Gasteiger partial charge in [0.2, 0.25) is 11.8 Å². The third-order valence-electron chi connectivity index (χ3n) is 5.05. The molecule has 2 aliphatic rings.